The monoisotopic (exact) mass is 377 g/mol. The lowest BCUT2D eigenvalue weighted by Gasteiger charge is -2.06. The standard InChI is InChI=1S/C14H7Cl4NO3/c15-8-1-2-9(10(16)4-8)12(20)6-22-14(21)7-3-11(17)13(18)19-5-7/h1-5H,6H2. The number of ether oxygens (including phenoxy) is 1. The Labute approximate surface area is 145 Å². The van der Waals surface area contributed by atoms with Crippen molar-refractivity contribution in [1.29, 1.82) is 0 Å². The lowest BCUT2D eigenvalue weighted by molar-refractivity contribution is 0.0474. The van der Waals surface area contributed by atoms with Gasteiger partial charge >= 0.3 is 5.97 Å². The van der Waals surface area contributed by atoms with Gasteiger partial charge in [-0.3, -0.25) is 4.79 Å². The number of Topliss-reactive ketones (excluding diaryl/α,β-unsaturated/α-hetero) is 1. The first-order valence-electron chi connectivity index (χ1n) is 5.85. The SMILES string of the molecule is O=C(OCC(=O)c1ccc(Cl)cc1Cl)c1cnc(Cl)c(Cl)c1. The molecule has 0 fully saturated rings. The van der Waals surface area contributed by atoms with Crippen LogP contribution in [-0.2, 0) is 4.74 Å². The van der Waals surface area contributed by atoms with E-state index in [9.17, 15) is 9.59 Å². The molecule has 114 valence electrons. The van der Waals surface area contributed by atoms with Crippen molar-refractivity contribution in [1.82, 2.24) is 4.98 Å². The number of carbonyl (C=O) groups excluding carboxylic acids is 2. The highest BCUT2D eigenvalue weighted by Gasteiger charge is 2.15. The number of halogens is 4. The van der Waals surface area contributed by atoms with Gasteiger partial charge in [0.1, 0.15) is 5.15 Å². The van der Waals surface area contributed by atoms with E-state index in [-0.39, 0.29) is 26.3 Å². The predicted molar refractivity (Wildman–Crippen MR) is 85.3 cm³/mol. The van der Waals surface area contributed by atoms with Gasteiger partial charge in [-0.25, -0.2) is 9.78 Å². The Morgan fingerprint density at radius 3 is 2.41 bits per heavy atom. The molecule has 2 rings (SSSR count). The predicted octanol–water partition coefficient (Wildman–Crippen LogP) is 4.73. The van der Waals surface area contributed by atoms with E-state index >= 15 is 0 Å². The Kier molecular flexibility index (Phi) is 5.64. The lowest BCUT2D eigenvalue weighted by Crippen LogP contribution is -2.15. The topological polar surface area (TPSA) is 56.3 Å². The molecule has 4 nitrogen and oxygen atoms in total. The average Bonchev–Trinajstić information content (AvgIpc) is 2.47. The van der Waals surface area contributed by atoms with Crippen LogP contribution in [0.3, 0.4) is 0 Å². The minimum Gasteiger partial charge on any atom is -0.454 e. The van der Waals surface area contributed by atoms with E-state index < -0.39 is 18.4 Å². The molecule has 0 aliphatic rings. The van der Waals surface area contributed by atoms with Gasteiger partial charge in [0, 0.05) is 16.8 Å². The minimum atomic E-state index is -0.746. The molecule has 0 radical (unpaired) electrons. The molecule has 1 aromatic carbocycles. The van der Waals surface area contributed by atoms with E-state index in [1.54, 1.807) is 0 Å². The normalized spacial score (nSPS) is 10.4. The molecule has 0 spiro atoms. The van der Waals surface area contributed by atoms with E-state index in [2.05, 4.69) is 4.98 Å². The van der Waals surface area contributed by atoms with Crippen molar-refractivity contribution in [2.24, 2.45) is 0 Å². The average molecular weight is 379 g/mol. The Morgan fingerprint density at radius 2 is 1.77 bits per heavy atom. The van der Waals surface area contributed by atoms with E-state index in [1.807, 2.05) is 0 Å². The van der Waals surface area contributed by atoms with Crippen molar-refractivity contribution < 1.29 is 14.3 Å². The van der Waals surface area contributed by atoms with Gasteiger partial charge < -0.3 is 4.74 Å². The molecule has 0 N–H and O–H groups in total. The number of esters is 1. The lowest BCUT2D eigenvalue weighted by atomic mass is 10.1. The molecule has 1 aromatic heterocycles. The summed E-state index contributed by atoms with van der Waals surface area (Å²) in [5.74, 6) is -1.20. The largest absolute Gasteiger partial charge is 0.454 e. The molecule has 2 aromatic rings. The third kappa shape index (κ3) is 4.11. The van der Waals surface area contributed by atoms with E-state index in [0.717, 1.165) is 0 Å². The molecule has 0 bridgehead atoms. The van der Waals surface area contributed by atoms with Gasteiger partial charge in [0.25, 0.3) is 0 Å². The zero-order valence-corrected chi connectivity index (χ0v) is 13.8. The number of hydrogen-bond donors (Lipinski definition) is 0. The zero-order chi connectivity index (χ0) is 16.3. The molecule has 8 heteroatoms. The van der Waals surface area contributed by atoms with Crippen LogP contribution in [0.2, 0.25) is 20.2 Å². The van der Waals surface area contributed by atoms with Crippen molar-refractivity contribution in [3.05, 3.63) is 61.8 Å². The third-order valence-corrected chi connectivity index (χ3v) is 3.83. The highest BCUT2D eigenvalue weighted by atomic mass is 35.5. The number of carbonyl (C=O) groups is 2. The molecule has 0 aliphatic heterocycles. The van der Waals surface area contributed by atoms with Crippen LogP contribution >= 0.6 is 46.4 Å². The Bertz CT molecular complexity index is 749. The number of benzene rings is 1. The van der Waals surface area contributed by atoms with Crippen LogP contribution in [0.5, 0.6) is 0 Å². The number of pyridine rings is 1. The van der Waals surface area contributed by atoms with Gasteiger partial charge in [-0.1, -0.05) is 46.4 Å². The fourth-order valence-electron chi connectivity index (χ4n) is 1.54. The summed E-state index contributed by atoms with van der Waals surface area (Å²) in [7, 11) is 0. The first-order chi connectivity index (χ1) is 10.4. The maximum Gasteiger partial charge on any atom is 0.340 e. The molecule has 22 heavy (non-hydrogen) atoms. The Balaban J connectivity index is 2.04. The maximum atomic E-state index is 12.0. The zero-order valence-electron chi connectivity index (χ0n) is 10.8. The molecular weight excluding hydrogens is 372 g/mol. The summed E-state index contributed by atoms with van der Waals surface area (Å²) in [4.78, 5) is 27.5. The summed E-state index contributed by atoms with van der Waals surface area (Å²) in [6.07, 6.45) is 1.20. The van der Waals surface area contributed by atoms with Crippen LogP contribution in [0.25, 0.3) is 0 Å². The highest BCUT2D eigenvalue weighted by Crippen LogP contribution is 2.22. The van der Waals surface area contributed by atoms with Gasteiger partial charge in [-0.2, -0.15) is 0 Å². The summed E-state index contributed by atoms with van der Waals surface area (Å²) in [6, 6.07) is 5.72. The molecular formula is C14H7Cl4NO3. The van der Waals surface area contributed by atoms with Crippen LogP contribution in [0.15, 0.2) is 30.5 Å². The Morgan fingerprint density at radius 1 is 1.05 bits per heavy atom. The second-order valence-corrected chi connectivity index (χ2v) is 5.73. The van der Waals surface area contributed by atoms with Gasteiger partial charge in [-0.15, -0.1) is 0 Å². The van der Waals surface area contributed by atoms with Gasteiger partial charge in [-0.05, 0) is 24.3 Å². The molecule has 0 amide bonds. The summed E-state index contributed by atoms with van der Waals surface area (Å²) in [6.45, 7) is -0.472. The second kappa shape index (κ2) is 7.29. The molecule has 0 aliphatic carbocycles. The molecule has 0 atom stereocenters. The number of aromatic nitrogens is 1. The van der Waals surface area contributed by atoms with Crippen molar-refractivity contribution in [3.8, 4) is 0 Å². The number of hydrogen-bond acceptors (Lipinski definition) is 4. The molecule has 0 saturated carbocycles. The highest BCUT2D eigenvalue weighted by molar-refractivity contribution is 6.41. The summed E-state index contributed by atoms with van der Waals surface area (Å²) in [5.41, 5.74) is 0.301. The van der Waals surface area contributed by atoms with E-state index in [4.69, 9.17) is 51.1 Å². The first kappa shape index (κ1) is 17.0. The minimum absolute atomic E-state index is 0.0715. The van der Waals surface area contributed by atoms with Crippen molar-refractivity contribution >= 4 is 58.2 Å². The fourth-order valence-corrected chi connectivity index (χ4v) is 2.32. The summed E-state index contributed by atoms with van der Waals surface area (Å²) >= 11 is 23.1. The smallest absolute Gasteiger partial charge is 0.340 e. The molecule has 1 heterocycles. The summed E-state index contributed by atoms with van der Waals surface area (Å²) < 4.78 is 4.90. The first-order valence-corrected chi connectivity index (χ1v) is 7.36. The molecule has 0 saturated heterocycles. The Hall–Kier alpha value is -1.33. The van der Waals surface area contributed by atoms with Crippen LogP contribution in [0.1, 0.15) is 20.7 Å². The number of nitrogens with zero attached hydrogens (tertiary/aromatic N) is 1. The van der Waals surface area contributed by atoms with Crippen molar-refractivity contribution in [2.75, 3.05) is 6.61 Å². The number of ketones is 1. The second-order valence-electron chi connectivity index (χ2n) is 4.12. The third-order valence-electron chi connectivity index (χ3n) is 2.60. The van der Waals surface area contributed by atoms with Crippen molar-refractivity contribution in [3.63, 3.8) is 0 Å². The quantitative estimate of drug-likeness (QED) is 0.438. The van der Waals surface area contributed by atoms with Gasteiger partial charge in [0.05, 0.1) is 15.6 Å². The van der Waals surface area contributed by atoms with E-state index in [1.165, 1.54) is 30.5 Å². The fraction of sp³-hybridized carbons (Fsp3) is 0.0714. The van der Waals surface area contributed by atoms with Crippen molar-refractivity contribution in [2.45, 2.75) is 0 Å². The van der Waals surface area contributed by atoms with Crippen LogP contribution in [-0.4, -0.2) is 23.3 Å². The maximum absolute atomic E-state index is 12.0. The van der Waals surface area contributed by atoms with Gasteiger partial charge in [0.15, 0.2) is 6.61 Å². The number of rotatable bonds is 4. The van der Waals surface area contributed by atoms with Gasteiger partial charge in [0.2, 0.25) is 5.78 Å². The van der Waals surface area contributed by atoms with Crippen LogP contribution in [0, 0.1) is 0 Å². The van der Waals surface area contributed by atoms with Crippen LogP contribution in [0.4, 0.5) is 0 Å². The van der Waals surface area contributed by atoms with Crippen LogP contribution < -0.4 is 0 Å². The molecule has 0 unspecified atom stereocenters. The van der Waals surface area contributed by atoms with E-state index in [0.29, 0.717) is 5.02 Å². The summed E-state index contributed by atoms with van der Waals surface area (Å²) in [5, 5.41) is 0.774.